The summed E-state index contributed by atoms with van der Waals surface area (Å²) in [5, 5.41) is 0. The SMILES string of the molecule is Cc1ccc(N2CCCC2)c(OC(=O)c2ccccc2)c1. The van der Waals surface area contributed by atoms with E-state index in [2.05, 4.69) is 11.0 Å². The Morgan fingerprint density at radius 3 is 2.48 bits per heavy atom. The van der Waals surface area contributed by atoms with E-state index in [4.69, 9.17) is 4.74 Å². The minimum atomic E-state index is -0.304. The lowest BCUT2D eigenvalue weighted by atomic mass is 10.2. The number of hydrogen-bond acceptors (Lipinski definition) is 3. The third-order valence-corrected chi connectivity index (χ3v) is 3.77. The molecule has 0 saturated carbocycles. The van der Waals surface area contributed by atoms with Crippen LogP contribution < -0.4 is 9.64 Å². The predicted molar refractivity (Wildman–Crippen MR) is 84.0 cm³/mol. The van der Waals surface area contributed by atoms with Crippen LogP contribution >= 0.6 is 0 Å². The Balaban J connectivity index is 1.87. The molecule has 1 aliphatic heterocycles. The summed E-state index contributed by atoms with van der Waals surface area (Å²) >= 11 is 0. The number of nitrogens with zero attached hydrogens (tertiary/aromatic N) is 1. The average Bonchev–Trinajstić information content (AvgIpc) is 3.02. The maximum absolute atomic E-state index is 12.3. The van der Waals surface area contributed by atoms with Crippen LogP contribution in [0.2, 0.25) is 0 Å². The molecule has 3 rings (SSSR count). The number of carbonyl (C=O) groups is 1. The summed E-state index contributed by atoms with van der Waals surface area (Å²) in [6.07, 6.45) is 2.39. The zero-order valence-corrected chi connectivity index (χ0v) is 12.2. The lowest BCUT2D eigenvalue weighted by Crippen LogP contribution is -2.20. The highest BCUT2D eigenvalue weighted by Gasteiger charge is 2.18. The number of benzene rings is 2. The van der Waals surface area contributed by atoms with Crippen molar-refractivity contribution in [3.8, 4) is 5.75 Å². The molecule has 2 aromatic carbocycles. The molecule has 0 amide bonds. The number of anilines is 1. The number of aryl methyl sites for hydroxylation is 1. The van der Waals surface area contributed by atoms with E-state index >= 15 is 0 Å². The van der Waals surface area contributed by atoms with Gasteiger partial charge in [-0.2, -0.15) is 0 Å². The molecule has 0 unspecified atom stereocenters. The normalized spacial score (nSPS) is 14.2. The molecule has 0 radical (unpaired) electrons. The van der Waals surface area contributed by atoms with Crippen LogP contribution in [0.25, 0.3) is 0 Å². The first kappa shape index (κ1) is 13.7. The Kier molecular flexibility index (Phi) is 3.91. The third kappa shape index (κ3) is 3.07. The molecule has 0 bridgehead atoms. The Morgan fingerprint density at radius 1 is 1.05 bits per heavy atom. The van der Waals surface area contributed by atoms with Crippen molar-refractivity contribution in [1.82, 2.24) is 0 Å². The topological polar surface area (TPSA) is 29.5 Å². The van der Waals surface area contributed by atoms with Crippen LogP contribution in [-0.4, -0.2) is 19.1 Å². The predicted octanol–water partition coefficient (Wildman–Crippen LogP) is 3.81. The number of esters is 1. The van der Waals surface area contributed by atoms with Crippen LogP contribution in [0.4, 0.5) is 5.69 Å². The summed E-state index contributed by atoms with van der Waals surface area (Å²) in [6, 6.07) is 15.2. The molecule has 0 aliphatic carbocycles. The quantitative estimate of drug-likeness (QED) is 0.633. The molecule has 21 heavy (non-hydrogen) atoms. The van der Waals surface area contributed by atoms with Crippen LogP contribution in [0.5, 0.6) is 5.75 Å². The first-order valence-electron chi connectivity index (χ1n) is 7.37. The third-order valence-electron chi connectivity index (χ3n) is 3.77. The molecule has 1 fully saturated rings. The molecule has 108 valence electrons. The van der Waals surface area contributed by atoms with Crippen molar-refractivity contribution in [2.45, 2.75) is 19.8 Å². The van der Waals surface area contributed by atoms with Gasteiger partial charge in [-0.15, -0.1) is 0 Å². The summed E-state index contributed by atoms with van der Waals surface area (Å²) in [7, 11) is 0. The van der Waals surface area contributed by atoms with E-state index in [9.17, 15) is 4.79 Å². The highest BCUT2D eigenvalue weighted by Crippen LogP contribution is 2.32. The Hall–Kier alpha value is -2.29. The van der Waals surface area contributed by atoms with Crippen LogP contribution in [-0.2, 0) is 0 Å². The van der Waals surface area contributed by atoms with Gasteiger partial charge in [0.1, 0.15) is 0 Å². The van der Waals surface area contributed by atoms with E-state index < -0.39 is 0 Å². The molecule has 0 aromatic heterocycles. The summed E-state index contributed by atoms with van der Waals surface area (Å²) in [4.78, 5) is 14.5. The summed E-state index contributed by atoms with van der Waals surface area (Å²) in [5.41, 5.74) is 2.68. The molecule has 3 nitrogen and oxygen atoms in total. The lowest BCUT2D eigenvalue weighted by Gasteiger charge is -2.21. The Labute approximate surface area is 125 Å². The molecule has 1 heterocycles. The van der Waals surface area contributed by atoms with Crippen LogP contribution in [0, 0.1) is 6.92 Å². The maximum atomic E-state index is 12.3. The fraction of sp³-hybridized carbons (Fsp3) is 0.278. The zero-order chi connectivity index (χ0) is 14.7. The van der Waals surface area contributed by atoms with E-state index in [1.807, 2.05) is 37.3 Å². The first-order chi connectivity index (χ1) is 10.2. The van der Waals surface area contributed by atoms with Gasteiger partial charge in [0.15, 0.2) is 5.75 Å². The van der Waals surface area contributed by atoms with Gasteiger partial charge in [0, 0.05) is 13.1 Å². The smallest absolute Gasteiger partial charge is 0.343 e. The fourth-order valence-corrected chi connectivity index (χ4v) is 2.66. The second-order valence-corrected chi connectivity index (χ2v) is 5.42. The van der Waals surface area contributed by atoms with Crippen molar-refractivity contribution < 1.29 is 9.53 Å². The lowest BCUT2D eigenvalue weighted by molar-refractivity contribution is 0.0735. The first-order valence-corrected chi connectivity index (χ1v) is 7.37. The standard InChI is InChI=1S/C18H19NO2/c1-14-9-10-16(19-11-5-6-12-19)17(13-14)21-18(20)15-7-3-2-4-8-15/h2-4,7-10,13H,5-6,11-12H2,1H3. The second kappa shape index (κ2) is 6.00. The van der Waals surface area contributed by atoms with Crippen LogP contribution in [0.1, 0.15) is 28.8 Å². The van der Waals surface area contributed by atoms with Crippen molar-refractivity contribution in [3.05, 3.63) is 59.7 Å². The molecular weight excluding hydrogens is 262 g/mol. The molecule has 0 N–H and O–H groups in total. The van der Waals surface area contributed by atoms with Gasteiger partial charge in [0.2, 0.25) is 0 Å². The van der Waals surface area contributed by atoms with Crippen molar-refractivity contribution in [2.75, 3.05) is 18.0 Å². The van der Waals surface area contributed by atoms with Crippen LogP contribution in [0.3, 0.4) is 0 Å². The van der Waals surface area contributed by atoms with E-state index in [1.54, 1.807) is 12.1 Å². The van der Waals surface area contributed by atoms with E-state index in [0.29, 0.717) is 11.3 Å². The minimum absolute atomic E-state index is 0.304. The number of carbonyl (C=O) groups excluding carboxylic acids is 1. The molecule has 3 heteroatoms. The molecule has 1 saturated heterocycles. The van der Waals surface area contributed by atoms with Gasteiger partial charge >= 0.3 is 5.97 Å². The Bertz CT molecular complexity index is 631. The van der Waals surface area contributed by atoms with E-state index in [-0.39, 0.29) is 5.97 Å². The average molecular weight is 281 g/mol. The maximum Gasteiger partial charge on any atom is 0.343 e. The van der Waals surface area contributed by atoms with Crippen molar-refractivity contribution >= 4 is 11.7 Å². The van der Waals surface area contributed by atoms with Crippen LogP contribution in [0.15, 0.2) is 48.5 Å². The highest BCUT2D eigenvalue weighted by atomic mass is 16.5. The van der Waals surface area contributed by atoms with Gasteiger partial charge in [-0.3, -0.25) is 0 Å². The largest absolute Gasteiger partial charge is 0.421 e. The number of rotatable bonds is 3. The van der Waals surface area contributed by atoms with Gasteiger partial charge in [0.25, 0.3) is 0 Å². The minimum Gasteiger partial charge on any atom is -0.421 e. The number of ether oxygens (including phenoxy) is 1. The van der Waals surface area contributed by atoms with Gasteiger partial charge in [-0.25, -0.2) is 4.79 Å². The molecule has 1 aliphatic rings. The van der Waals surface area contributed by atoms with Gasteiger partial charge in [-0.1, -0.05) is 24.3 Å². The van der Waals surface area contributed by atoms with Crippen molar-refractivity contribution in [3.63, 3.8) is 0 Å². The van der Waals surface area contributed by atoms with Gasteiger partial charge in [-0.05, 0) is 49.6 Å². The highest BCUT2D eigenvalue weighted by molar-refractivity contribution is 5.91. The fourth-order valence-electron chi connectivity index (χ4n) is 2.66. The molecule has 0 atom stereocenters. The van der Waals surface area contributed by atoms with Crippen molar-refractivity contribution in [2.24, 2.45) is 0 Å². The van der Waals surface area contributed by atoms with E-state index in [1.165, 1.54) is 12.8 Å². The van der Waals surface area contributed by atoms with E-state index in [0.717, 1.165) is 24.3 Å². The summed E-state index contributed by atoms with van der Waals surface area (Å²) in [5.74, 6) is 0.354. The monoisotopic (exact) mass is 281 g/mol. The molecular formula is C18H19NO2. The Morgan fingerprint density at radius 2 is 1.76 bits per heavy atom. The second-order valence-electron chi connectivity index (χ2n) is 5.42. The zero-order valence-electron chi connectivity index (χ0n) is 12.2. The summed E-state index contributed by atoms with van der Waals surface area (Å²) in [6.45, 7) is 4.06. The van der Waals surface area contributed by atoms with Gasteiger partial charge < -0.3 is 9.64 Å². The van der Waals surface area contributed by atoms with Crippen molar-refractivity contribution in [1.29, 1.82) is 0 Å². The van der Waals surface area contributed by atoms with Gasteiger partial charge in [0.05, 0.1) is 11.3 Å². The number of hydrogen-bond donors (Lipinski definition) is 0. The molecule has 0 spiro atoms. The molecule has 2 aromatic rings. The summed E-state index contributed by atoms with van der Waals surface area (Å²) < 4.78 is 5.64.